The van der Waals surface area contributed by atoms with Gasteiger partial charge in [0.25, 0.3) is 5.91 Å². The van der Waals surface area contributed by atoms with E-state index in [1.54, 1.807) is 26.0 Å². The Kier molecular flexibility index (Phi) is 10.6. The van der Waals surface area contributed by atoms with E-state index in [0.717, 1.165) is 6.42 Å². The van der Waals surface area contributed by atoms with Crippen LogP contribution in [0.5, 0.6) is 0 Å². The van der Waals surface area contributed by atoms with Gasteiger partial charge in [0, 0.05) is 43.3 Å². The van der Waals surface area contributed by atoms with E-state index in [9.17, 15) is 24.3 Å². The molecule has 40 heavy (non-hydrogen) atoms. The first kappa shape index (κ1) is 31.0. The van der Waals surface area contributed by atoms with Gasteiger partial charge in [-0.2, -0.15) is 0 Å². The van der Waals surface area contributed by atoms with Crippen molar-refractivity contribution >= 4 is 23.6 Å². The second-order valence-electron chi connectivity index (χ2n) is 10.9. The Hall–Kier alpha value is -3.50. The standard InChI is InChI=1S/C30H41N3O7/c1-17-10-11-23(34)19(3)15-20(4)28(40-30(31)38)25(39-5)9-6-8-18(2)29(37)32-22-16-24(35)26(33-12-7-13-33)21(14-17)27(22)36/h6,8-9,15-17,19,23,25,28,34H,7,10-14H2,1-5H3,(H2,31,38)(H,32,37)/b9-6-,18-8+,20-15+/t17-,19-,23-,25-,28-/m0/s1. The third-order valence-corrected chi connectivity index (χ3v) is 7.64. The first-order valence-electron chi connectivity index (χ1n) is 13.7. The molecule has 3 rings (SSSR count). The van der Waals surface area contributed by atoms with Gasteiger partial charge in [0.2, 0.25) is 11.6 Å². The number of Topliss-reactive ketones (excluding diaryl/α,β-unsaturated/α-hetero) is 1. The predicted molar refractivity (Wildman–Crippen MR) is 150 cm³/mol. The molecule has 2 aliphatic heterocycles. The number of primary amides is 1. The second-order valence-corrected chi connectivity index (χ2v) is 10.9. The number of likely N-dealkylation sites (tertiary alicyclic amines) is 1. The molecule has 1 fully saturated rings. The van der Waals surface area contributed by atoms with E-state index in [0.29, 0.717) is 49.2 Å². The number of nitrogens with two attached hydrogens (primary N) is 1. The van der Waals surface area contributed by atoms with Gasteiger partial charge in [0.15, 0.2) is 6.10 Å². The summed E-state index contributed by atoms with van der Waals surface area (Å²) in [5, 5.41) is 13.5. The zero-order chi connectivity index (χ0) is 29.6. The maximum absolute atomic E-state index is 13.5. The van der Waals surface area contributed by atoms with Crippen LogP contribution in [0, 0.1) is 11.8 Å². The molecular formula is C30H41N3O7. The van der Waals surface area contributed by atoms with Gasteiger partial charge >= 0.3 is 6.09 Å². The number of aliphatic hydroxyl groups is 1. The lowest BCUT2D eigenvalue weighted by Gasteiger charge is -2.37. The molecule has 10 heteroatoms. The van der Waals surface area contributed by atoms with Gasteiger partial charge in [0.1, 0.15) is 6.10 Å². The fourth-order valence-electron chi connectivity index (χ4n) is 5.10. The summed E-state index contributed by atoms with van der Waals surface area (Å²) in [6.45, 7) is 8.62. The SMILES string of the molecule is CO[C@H]1/C=C\C=C(/C)C(=O)NC2=CC(=O)C(N3CCC3)=C(C[C@@H](C)CC[C@H](O)[C@@H](C)/C=C(\C)[C@@H]1OC(N)=O)C2=O. The number of rotatable bonds is 3. The van der Waals surface area contributed by atoms with Gasteiger partial charge in [-0.15, -0.1) is 0 Å². The van der Waals surface area contributed by atoms with Crippen LogP contribution in [-0.2, 0) is 23.9 Å². The monoisotopic (exact) mass is 555 g/mol. The number of carbonyl (C=O) groups excluding carboxylic acids is 4. The van der Waals surface area contributed by atoms with E-state index < -0.39 is 30.3 Å². The average Bonchev–Trinajstić information content (AvgIpc) is 2.86. The number of aliphatic hydroxyl groups excluding tert-OH is 1. The molecule has 10 nitrogen and oxygen atoms in total. The van der Waals surface area contributed by atoms with E-state index in [4.69, 9.17) is 15.2 Å². The zero-order valence-electron chi connectivity index (χ0n) is 23.9. The molecule has 1 aliphatic carbocycles. The minimum absolute atomic E-state index is 0.0123. The quantitative estimate of drug-likeness (QED) is 0.356. The van der Waals surface area contributed by atoms with Crippen LogP contribution in [0.2, 0.25) is 0 Å². The van der Waals surface area contributed by atoms with Crippen molar-refractivity contribution in [3.8, 4) is 0 Å². The Morgan fingerprint density at radius 2 is 1.85 bits per heavy atom. The highest BCUT2D eigenvalue weighted by molar-refractivity contribution is 6.23. The summed E-state index contributed by atoms with van der Waals surface area (Å²) < 4.78 is 10.9. The van der Waals surface area contributed by atoms with Crippen molar-refractivity contribution in [1.82, 2.24) is 10.2 Å². The van der Waals surface area contributed by atoms with Gasteiger partial charge in [-0.05, 0) is 51.0 Å². The topological polar surface area (TPSA) is 148 Å². The molecular weight excluding hydrogens is 514 g/mol. The summed E-state index contributed by atoms with van der Waals surface area (Å²) >= 11 is 0. The van der Waals surface area contributed by atoms with E-state index in [2.05, 4.69) is 5.32 Å². The third-order valence-electron chi connectivity index (χ3n) is 7.64. The molecule has 0 unspecified atom stereocenters. The summed E-state index contributed by atoms with van der Waals surface area (Å²) in [5.74, 6) is -1.46. The molecule has 1 saturated heterocycles. The van der Waals surface area contributed by atoms with Crippen LogP contribution in [0.3, 0.4) is 0 Å². The Bertz CT molecular complexity index is 1180. The summed E-state index contributed by atoms with van der Waals surface area (Å²) in [6.07, 6.45) is 6.89. The minimum atomic E-state index is -0.967. The van der Waals surface area contributed by atoms with Crippen LogP contribution >= 0.6 is 0 Å². The molecule has 3 aliphatic rings. The molecule has 2 amide bonds. The van der Waals surface area contributed by atoms with Crippen molar-refractivity contribution in [2.75, 3.05) is 20.2 Å². The average molecular weight is 556 g/mol. The van der Waals surface area contributed by atoms with E-state index >= 15 is 0 Å². The first-order chi connectivity index (χ1) is 18.9. The first-order valence-corrected chi connectivity index (χ1v) is 13.7. The summed E-state index contributed by atoms with van der Waals surface area (Å²) in [7, 11) is 1.45. The molecule has 2 bridgehead atoms. The van der Waals surface area contributed by atoms with Crippen molar-refractivity contribution in [2.45, 2.75) is 71.7 Å². The number of ketones is 2. The van der Waals surface area contributed by atoms with Crippen LogP contribution in [0.4, 0.5) is 4.79 Å². The van der Waals surface area contributed by atoms with E-state index in [1.165, 1.54) is 19.3 Å². The smallest absolute Gasteiger partial charge is 0.405 e. The number of nitrogens with zero attached hydrogens (tertiary/aromatic N) is 1. The van der Waals surface area contributed by atoms with Gasteiger partial charge in [-0.3, -0.25) is 14.4 Å². The second kappa shape index (κ2) is 13.7. The highest BCUT2D eigenvalue weighted by Crippen LogP contribution is 2.31. The number of hydrogen-bond acceptors (Lipinski definition) is 8. The number of allylic oxidation sites excluding steroid dienone is 4. The Labute approximate surface area is 235 Å². The van der Waals surface area contributed by atoms with Crippen molar-refractivity contribution in [1.29, 1.82) is 0 Å². The van der Waals surface area contributed by atoms with Crippen LogP contribution in [0.25, 0.3) is 0 Å². The minimum Gasteiger partial charge on any atom is -0.439 e. The number of hydrogen-bond donors (Lipinski definition) is 3. The van der Waals surface area contributed by atoms with Crippen molar-refractivity contribution in [2.24, 2.45) is 17.6 Å². The maximum atomic E-state index is 13.5. The fourth-order valence-corrected chi connectivity index (χ4v) is 5.10. The number of amides is 2. The Morgan fingerprint density at radius 3 is 2.45 bits per heavy atom. The Morgan fingerprint density at radius 1 is 1.15 bits per heavy atom. The predicted octanol–water partition coefficient (Wildman–Crippen LogP) is 2.84. The van der Waals surface area contributed by atoms with Crippen molar-refractivity contribution < 1.29 is 33.8 Å². The van der Waals surface area contributed by atoms with Crippen LogP contribution in [-0.4, -0.2) is 72.1 Å². The lowest BCUT2D eigenvalue weighted by molar-refractivity contribution is -0.120. The highest BCUT2D eigenvalue weighted by atomic mass is 16.6. The normalized spacial score (nSPS) is 32.6. The summed E-state index contributed by atoms with van der Waals surface area (Å²) in [5.41, 5.74) is 7.04. The number of ether oxygens (including phenoxy) is 2. The maximum Gasteiger partial charge on any atom is 0.405 e. The zero-order valence-corrected chi connectivity index (χ0v) is 23.9. The Balaban J connectivity index is 2.00. The van der Waals surface area contributed by atoms with E-state index in [-0.39, 0.29) is 34.7 Å². The molecule has 0 aromatic rings. The third kappa shape index (κ3) is 7.57. The number of carbonyl (C=O) groups is 4. The van der Waals surface area contributed by atoms with Crippen LogP contribution in [0.15, 0.2) is 58.5 Å². The number of methoxy groups -OCH3 is 1. The number of fused-ring (bicyclic) bond motifs is 2. The fraction of sp³-hybridized carbons (Fsp3) is 0.533. The van der Waals surface area contributed by atoms with Gasteiger partial charge in [-0.1, -0.05) is 38.2 Å². The summed E-state index contributed by atoms with van der Waals surface area (Å²) in [4.78, 5) is 53.2. The van der Waals surface area contributed by atoms with Crippen molar-refractivity contribution in [3.05, 3.63) is 58.5 Å². The molecule has 5 atom stereocenters. The number of nitrogens with one attached hydrogen (secondary N) is 1. The molecule has 0 radical (unpaired) electrons. The molecule has 0 aromatic carbocycles. The largest absolute Gasteiger partial charge is 0.439 e. The molecule has 0 aromatic heterocycles. The van der Waals surface area contributed by atoms with E-state index in [1.807, 2.05) is 24.8 Å². The molecule has 4 N–H and O–H groups in total. The van der Waals surface area contributed by atoms with Crippen LogP contribution in [0.1, 0.15) is 53.4 Å². The van der Waals surface area contributed by atoms with Gasteiger partial charge < -0.3 is 30.5 Å². The molecule has 0 spiro atoms. The van der Waals surface area contributed by atoms with Crippen LogP contribution < -0.4 is 11.1 Å². The molecule has 2 heterocycles. The molecule has 218 valence electrons. The molecule has 0 saturated carbocycles. The van der Waals surface area contributed by atoms with Crippen molar-refractivity contribution in [3.63, 3.8) is 0 Å². The highest BCUT2D eigenvalue weighted by Gasteiger charge is 2.35. The van der Waals surface area contributed by atoms with Gasteiger partial charge in [0.05, 0.1) is 17.5 Å². The van der Waals surface area contributed by atoms with Gasteiger partial charge in [-0.25, -0.2) is 4.79 Å². The lowest BCUT2D eigenvalue weighted by atomic mass is 9.85. The summed E-state index contributed by atoms with van der Waals surface area (Å²) in [6, 6.07) is 0. The lowest BCUT2D eigenvalue weighted by Crippen LogP contribution is -2.43.